The van der Waals surface area contributed by atoms with Gasteiger partial charge in [0.1, 0.15) is 6.04 Å². The number of likely N-dealkylation sites (tertiary alicyclic amines) is 1. The van der Waals surface area contributed by atoms with Crippen molar-refractivity contribution in [1.29, 1.82) is 0 Å². The Morgan fingerprint density at radius 3 is 2.49 bits per heavy atom. The summed E-state index contributed by atoms with van der Waals surface area (Å²) in [5.41, 5.74) is 3.16. The number of piperazine rings is 1. The summed E-state index contributed by atoms with van der Waals surface area (Å²) < 4.78 is 0. The van der Waals surface area contributed by atoms with Crippen molar-refractivity contribution in [1.82, 2.24) is 25.3 Å². The molecule has 0 spiro atoms. The van der Waals surface area contributed by atoms with E-state index in [1.807, 2.05) is 36.4 Å². The van der Waals surface area contributed by atoms with Gasteiger partial charge in [0.05, 0.1) is 0 Å². The van der Waals surface area contributed by atoms with Gasteiger partial charge in [-0.15, -0.1) is 6.42 Å². The normalized spacial score (nSPS) is 18.1. The Morgan fingerprint density at radius 2 is 1.69 bits per heavy atom. The highest BCUT2D eigenvalue weighted by Crippen LogP contribution is 2.21. The second-order valence-electron chi connectivity index (χ2n) is 10.4. The third-order valence-corrected chi connectivity index (χ3v) is 7.83. The Kier molecular flexibility index (Phi) is 8.77. The lowest BCUT2D eigenvalue weighted by Crippen LogP contribution is -2.51. The number of amides is 3. The van der Waals surface area contributed by atoms with Crippen LogP contribution in [0.25, 0.3) is 10.8 Å². The molecule has 2 fully saturated rings. The molecule has 3 amide bonds. The fourth-order valence-corrected chi connectivity index (χ4v) is 5.60. The number of terminal acetylenes is 1. The molecule has 0 unspecified atom stereocenters. The van der Waals surface area contributed by atoms with E-state index in [1.165, 1.54) is 5.56 Å². The summed E-state index contributed by atoms with van der Waals surface area (Å²) in [7, 11) is 0. The molecule has 2 aliphatic heterocycles. The molecule has 5 rings (SSSR count). The molecule has 0 saturated carbocycles. The number of nitrogens with zero attached hydrogens (tertiary/aromatic N) is 3. The highest BCUT2D eigenvalue weighted by Gasteiger charge is 2.34. The maximum Gasteiger partial charge on any atom is 0.318 e. The van der Waals surface area contributed by atoms with Gasteiger partial charge < -0.3 is 15.5 Å². The Hall–Kier alpha value is -3.86. The summed E-state index contributed by atoms with van der Waals surface area (Å²) in [6.45, 7) is 7.42. The monoisotopic (exact) mass is 523 g/mol. The predicted molar refractivity (Wildman–Crippen MR) is 155 cm³/mol. The molecule has 39 heavy (non-hydrogen) atoms. The van der Waals surface area contributed by atoms with Crippen LogP contribution in [0.4, 0.5) is 4.79 Å². The van der Waals surface area contributed by atoms with Crippen molar-refractivity contribution in [2.45, 2.75) is 32.0 Å². The van der Waals surface area contributed by atoms with Gasteiger partial charge in [0.25, 0.3) is 0 Å². The molecule has 2 aliphatic rings. The number of carbonyl (C=O) groups excluding carboxylic acids is 2. The Balaban J connectivity index is 1.06. The first-order chi connectivity index (χ1) is 19.1. The molecule has 2 heterocycles. The quantitative estimate of drug-likeness (QED) is 0.444. The number of nitrogens with one attached hydrogen (secondary N) is 2. The van der Waals surface area contributed by atoms with Crippen molar-refractivity contribution >= 4 is 22.7 Å². The summed E-state index contributed by atoms with van der Waals surface area (Å²) in [6.07, 6.45) is 7.10. The lowest BCUT2D eigenvalue weighted by atomic mass is 10.0. The van der Waals surface area contributed by atoms with Crippen molar-refractivity contribution in [2.75, 3.05) is 45.8 Å². The van der Waals surface area contributed by atoms with Crippen LogP contribution in [0.15, 0.2) is 66.7 Å². The first-order valence-corrected chi connectivity index (χ1v) is 13.9. The van der Waals surface area contributed by atoms with Crippen LogP contribution in [0.2, 0.25) is 0 Å². The summed E-state index contributed by atoms with van der Waals surface area (Å²) in [5, 5.41) is 8.22. The number of benzene rings is 3. The summed E-state index contributed by atoms with van der Waals surface area (Å²) >= 11 is 0. The van der Waals surface area contributed by atoms with E-state index in [-0.39, 0.29) is 11.9 Å². The molecule has 202 valence electrons. The molecule has 0 aliphatic carbocycles. The largest absolute Gasteiger partial charge is 0.353 e. The number of urea groups is 1. The SMILES string of the molecule is C#Cc1ccc2cccc(CNC(=O)N3CCC[C@H]3C(=O)NCCN3CCN(Cc4ccccc4)CC3)c2c1. The minimum Gasteiger partial charge on any atom is -0.353 e. The molecule has 0 bridgehead atoms. The number of hydrogen-bond acceptors (Lipinski definition) is 4. The van der Waals surface area contributed by atoms with Crippen molar-refractivity contribution in [3.05, 3.63) is 83.4 Å². The molecular formula is C32H37N5O2. The lowest BCUT2D eigenvalue weighted by molar-refractivity contribution is -0.124. The van der Waals surface area contributed by atoms with Gasteiger partial charge in [-0.25, -0.2) is 4.79 Å². The van der Waals surface area contributed by atoms with Crippen LogP contribution in [-0.2, 0) is 17.9 Å². The maximum absolute atomic E-state index is 13.1. The summed E-state index contributed by atoms with van der Waals surface area (Å²) in [4.78, 5) is 32.6. The van der Waals surface area contributed by atoms with Crippen LogP contribution >= 0.6 is 0 Å². The fraction of sp³-hybridized carbons (Fsp3) is 0.375. The zero-order valence-electron chi connectivity index (χ0n) is 22.4. The lowest BCUT2D eigenvalue weighted by Gasteiger charge is -2.34. The van der Waals surface area contributed by atoms with Gasteiger partial charge in [0.15, 0.2) is 0 Å². The number of fused-ring (bicyclic) bond motifs is 1. The summed E-state index contributed by atoms with van der Waals surface area (Å²) in [6, 6.07) is 21.9. The molecule has 0 aromatic heterocycles. The molecular weight excluding hydrogens is 486 g/mol. The second-order valence-corrected chi connectivity index (χ2v) is 10.4. The van der Waals surface area contributed by atoms with Crippen LogP contribution in [0.3, 0.4) is 0 Å². The third kappa shape index (κ3) is 6.78. The van der Waals surface area contributed by atoms with Gasteiger partial charge in [-0.05, 0) is 46.9 Å². The number of carbonyl (C=O) groups is 2. The van der Waals surface area contributed by atoms with E-state index in [9.17, 15) is 9.59 Å². The van der Waals surface area contributed by atoms with Crippen molar-refractivity contribution in [2.24, 2.45) is 0 Å². The molecule has 7 nitrogen and oxygen atoms in total. The van der Waals surface area contributed by atoms with Gasteiger partial charge >= 0.3 is 6.03 Å². The predicted octanol–water partition coefficient (Wildman–Crippen LogP) is 3.43. The van der Waals surface area contributed by atoms with Crippen LogP contribution in [0, 0.1) is 12.3 Å². The van der Waals surface area contributed by atoms with E-state index < -0.39 is 6.04 Å². The van der Waals surface area contributed by atoms with Gasteiger partial charge in [-0.2, -0.15) is 0 Å². The smallest absolute Gasteiger partial charge is 0.318 e. The minimum absolute atomic E-state index is 0.0609. The van der Waals surface area contributed by atoms with E-state index >= 15 is 0 Å². The first kappa shape index (κ1) is 26.7. The molecule has 7 heteroatoms. The molecule has 3 aromatic rings. The minimum atomic E-state index is -0.423. The standard InChI is InChI=1S/C32H37N5O2/c1-2-25-13-14-27-10-6-11-28(29(27)22-25)23-34-32(39)37-16-7-12-30(37)31(38)33-15-17-35-18-20-36(21-19-35)24-26-8-4-3-5-9-26/h1,3-6,8-11,13-14,22,30H,7,12,15-21,23-24H2,(H,33,38)(H,34,39)/t30-/m0/s1. The van der Waals surface area contributed by atoms with Crippen molar-refractivity contribution in [3.8, 4) is 12.3 Å². The van der Waals surface area contributed by atoms with Gasteiger partial charge in [0.2, 0.25) is 5.91 Å². The summed E-state index contributed by atoms with van der Waals surface area (Å²) in [5.74, 6) is 2.62. The highest BCUT2D eigenvalue weighted by atomic mass is 16.2. The van der Waals surface area contributed by atoms with Crippen LogP contribution in [0.1, 0.15) is 29.5 Å². The third-order valence-electron chi connectivity index (χ3n) is 7.83. The Bertz CT molecular complexity index is 1330. The molecule has 0 radical (unpaired) electrons. The number of rotatable bonds is 8. The fourth-order valence-electron chi connectivity index (χ4n) is 5.60. The molecule has 2 saturated heterocycles. The van der Waals surface area contributed by atoms with Crippen molar-refractivity contribution < 1.29 is 9.59 Å². The average Bonchev–Trinajstić information content (AvgIpc) is 3.47. The Morgan fingerprint density at radius 1 is 0.897 bits per heavy atom. The Labute approximate surface area is 231 Å². The van der Waals surface area contributed by atoms with Gasteiger partial charge in [0, 0.05) is 64.5 Å². The van der Waals surface area contributed by atoms with Crippen LogP contribution < -0.4 is 10.6 Å². The van der Waals surface area contributed by atoms with E-state index in [4.69, 9.17) is 6.42 Å². The second kappa shape index (κ2) is 12.8. The van der Waals surface area contributed by atoms with E-state index in [0.29, 0.717) is 26.1 Å². The zero-order valence-corrected chi connectivity index (χ0v) is 22.4. The zero-order chi connectivity index (χ0) is 27.0. The van der Waals surface area contributed by atoms with Gasteiger partial charge in [-0.3, -0.25) is 14.6 Å². The molecule has 2 N–H and O–H groups in total. The average molecular weight is 524 g/mol. The molecule has 1 atom stereocenters. The van der Waals surface area contributed by atoms with Crippen LogP contribution in [-0.4, -0.2) is 78.5 Å². The topological polar surface area (TPSA) is 67.9 Å². The molecule has 3 aromatic carbocycles. The highest BCUT2D eigenvalue weighted by molar-refractivity contribution is 5.89. The first-order valence-electron chi connectivity index (χ1n) is 13.9. The van der Waals surface area contributed by atoms with E-state index in [1.54, 1.807) is 4.90 Å². The van der Waals surface area contributed by atoms with Gasteiger partial charge in [-0.1, -0.05) is 60.5 Å². The maximum atomic E-state index is 13.1. The van der Waals surface area contributed by atoms with Crippen LogP contribution in [0.5, 0.6) is 0 Å². The number of hydrogen-bond donors (Lipinski definition) is 2. The van der Waals surface area contributed by atoms with Crippen molar-refractivity contribution in [3.63, 3.8) is 0 Å². The van der Waals surface area contributed by atoms with E-state index in [0.717, 1.165) is 67.6 Å². The van der Waals surface area contributed by atoms with E-state index in [2.05, 4.69) is 56.7 Å².